The zero-order valence-electron chi connectivity index (χ0n) is 8.47. The maximum absolute atomic E-state index is 11.9. The monoisotopic (exact) mass is 216 g/mol. The van der Waals surface area contributed by atoms with Gasteiger partial charge in [0.15, 0.2) is 0 Å². The van der Waals surface area contributed by atoms with Gasteiger partial charge in [0.25, 0.3) is 6.43 Å². The van der Waals surface area contributed by atoms with E-state index in [0.717, 1.165) is 0 Å². The zero-order chi connectivity index (χ0) is 11.3. The van der Waals surface area contributed by atoms with Gasteiger partial charge in [0.05, 0.1) is 18.8 Å². The minimum absolute atomic E-state index is 0.379. The third kappa shape index (κ3) is 3.61. The van der Waals surface area contributed by atoms with Crippen LogP contribution in [0.1, 0.15) is 6.92 Å². The maximum Gasteiger partial charge on any atom is 0.255 e. The van der Waals surface area contributed by atoms with Crippen molar-refractivity contribution >= 4 is 11.4 Å². The van der Waals surface area contributed by atoms with Crippen molar-refractivity contribution in [3.8, 4) is 5.75 Å². The smallest absolute Gasteiger partial charge is 0.255 e. The summed E-state index contributed by atoms with van der Waals surface area (Å²) in [4.78, 5) is 0. The topological polar surface area (TPSA) is 47.3 Å². The highest BCUT2D eigenvalue weighted by Crippen LogP contribution is 2.25. The van der Waals surface area contributed by atoms with Gasteiger partial charge in [-0.05, 0) is 19.1 Å². The second-order valence-electron chi connectivity index (χ2n) is 2.96. The van der Waals surface area contributed by atoms with Gasteiger partial charge in [-0.3, -0.25) is 0 Å². The standard InChI is InChI=1S/C10H14F2N2O/c1-2-15-9-5-7(3-4-8(9)13)14-6-10(11)12/h3-5,10,14H,2,6,13H2,1H3. The Hall–Kier alpha value is -1.52. The van der Waals surface area contributed by atoms with Gasteiger partial charge < -0.3 is 15.8 Å². The molecule has 5 heteroatoms. The van der Waals surface area contributed by atoms with Gasteiger partial charge in [0.1, 0.15) is 5.75 Å². The Balaban J connectivity index is 2.69. The Morgan fingerprint density at radius 2 is 2.20 bits per heavy atom. The fourth-order valence-electron chi connectivity index (χ4n) is 1.12. The molecule has 0 saturated heterocycles. The predicted molar refractivity (Wildman–Crippen MR) is 56.5 cm³/mol. The lowest BCUT2D eigenvalue weighted by Crippen LogP contribution is -2.10. The minimum Gasteiger partial charge on any atom is -0.492 e. The third-order valence-electron chi connectivity index (χ3n) is 1.77. The van der Waals surface area contributed by atoms with Crippen molar-refractivity contribution in [1.82, 2.24) is 0 Å². The number of ether oxygens (including phenoxy) is 1. The first-order valence-electron chi connectivity index (χ1n) is 4.67. The van der Waals surface area contributed by atoms with Crippen LogP contribution in [-0.2, 0) is 0 Å². The van der Waals surface area contributed by atoms with E-state index >= 15 is 0 Å². The summed E-state index contributed by atoms with van der Waals surface area (Å²) in [5, 5.41) is 2.58. The van der Waals surface area contributed by atoms with Gasteiger partial charge in [0, 0.05) is 11.8 Å². The molecule has 0 radical (unpaired) electrons. The van der Waals surface area contributed by atoms with Crippen molar-refractivity contribution in [3.63, 3.8) is 0 Å². The van der Waals surface area contributed by atoms with Crippen molar-refractivity contribution in [3.05, 3.63) is 18.2 Å². The summed E-state index contributed by atoms with van der Waals surface area (Å²) in [6.45, 7) is 1.94. The number of hydrogen-bond donors (Lipinski definition) is 2. The highest BCUT2D eigenvalue weighted by atomic mass is 19.3. The molecular weight excluding hydrogens is 202 g/mol. The largest absolute Gasteiger partial charge is 0.492 e. The molecule has 0 spiro atoms. The lowest BCUT2D eigenvalue weighted by molar-refractivity contribution is 0.163. The van der Waals surface area contributed by atoms with E-state index in [0.29, 0.717) is 23.7 Å². The Morgan fingerprint density at radius 1 is 1.47 bits per heavy atom. The average Bonchev–Trinajstić information content (AvgIpc) is 2.19. The van der Waals surface area contributed by atoms with Crippen molar-refractivity contribution in [1.29, 1.82) is 0 Å². The van der Waals surface area contributed by atoms with Crippen LogP contribution in [0.3, 0.4) is 0 Å². The van der Waals surface area contributed by atoms with Crippen LogP contribution in [0.15, 0.2) is 18.2 Å². The molecule has 1 aromatic rings. The Labute approximate surface area is 87.2 Å². The van der Waals surface area contributed by atoms with Crippen LogP contribution in [0, 0.1) is 0 Å². The quantitative estimate of drug-likeness (QED) is 0.743. The lowest BCUT2D eigenvalue weighted by atomic mass is 10.2. The average molecular weight is 216 g/mol. The van der Waals surface area contributed by atoms with E-state index in [1.54, 1.807) is 18.2 Å². The van der Waals surface area contributed by atoms with Gasteiger partial charge in [-0.15, -0.1) is 0 Å². The number of halogens is 2. The van der Waals surface area contributed by atoms with Crippen molar-refractivity contribution in [2.45, 2.75) is 13.3 Å². The van der Waals surface area contributed by atoms with Crippen molar-refractivity contribution in [2.24, 2.45) is 0 Å². The minimum atomic E-state index is -2.38. The van der Waals surface area contributed by atoms with Crippen LogP contribution in [-0.4, -0.2) is 19.6 Å². The van der Waals surface area contributed by atoms with Crippen molar-refractivity contribution < 1.29 is 13.5 Å². The highest BCUT2D eigenvalue weighted by molar-refractivity contribution is 5.61. The number of nitrogens with two attached hydrogens (primary N) is 1. The molecule has 0 aliphatic heterocycles. The third-order valence-corrected chi connectivity index (χ3v) is 1.77. The van der Waals surface area contributed by atoms with Crippen LogP contribution in [0.25, 0.3) is 0 Å². The van der Waals surface area contributed by atoms with Gasteiger partial charge in [-0.1, -0.05) is 0 Å². The SMILES string of the molecule is CCOc1cc(NCC(F)F)ccc1N. The van der Waals surface area contributed by atoms with Gasteiger partial charge in [-0.25, -0.2) is 8.78 Å². The molecule has 3 nitrogen and oxygen atoms in total. The molecule has 0 bridgehead atoms. The predicted octanol–water partition coefficient (Wildman–Crippen LogP) is 2.34. The molecule has 0 heterocycles. The highest BCUT2D eigenvalue weighted by Gasteiger charge is 2.04. The number of nitrogen functional groups attached to an aromatic ring is 1. The molecule has 0 atom stereocenters. The summed E-state index contributed by atoms with van der Waals surface area (Å²) < 4.78 is 29.1. The number of alkyl halides is 2. The fraction of sp³-hybridized carbons (Fsp3) is 0.400. The summed E-state index contributed by atoms with van der Waals surface area (Å²) in [5.41, 5.74) is 6.71. The molecule has 3 N–H and O–H groups in total. The van der Waals surface area contributed by atoms with Gasteiger partial charge in [0.2, 0.25) is 0 Å². The second-order valence-corrected chi connectivity index (χ2v) is 2.96. The van der Waals surface area contributed by atoms with Gasteiger partial charge >= 0.3 is 0 Å². The number of nitrogens with one attached hydrogen (secondary N) is 1. The summed E-state index contributed by atoms with van der Waals surface area (Å²) in [5.74, 6) is 0.511. The molecule has 0 aliphatic carbocycles. The molecule has 15 heavy (non-hydrogen) atoms. The molecule has 84 valence electrons. The first-order valence-corrected chi connectivity index (χ1v) is 4.67. The van der Waals surface area contributed by atoms with E-state index in [4.69, 9.17) is 10.5 Å². The van der Waals surface area contributed by atoms with E-state index in [-0.39, 0.29) is 6.54 Å². The van der Waals surface area contributed by atoms with Crippen LogP contribution in [0.4, 0.5) is 20.2 Å². The summed E-state index contributed by atoms with van der Waals surface area (Å²) in [7, 11) is 0. The van der Waals surface area contributed by atoms with E-state index < -0.39 is 6.43 Å². The van der Waals surface area contributed by atoms with E-state index in [1.807, 2.05) is 6.92 Å². The van der Waals surface area contributed by atoms with Crippen LogP contribution < -0.4 is 15.8 Å². The first-order chi connectivity index (χ1) is 7.13. The maximum atomic E-state index is 11.9. The molecule has 1 rings (SSSR count). The Bertz CT molecular complexity index is 318. The Kier molecular flexibility index (Phi) is 4.15. The lowest BCUT2D eigenvalue weighted by Gasteiger charge is -2.10. The molecule has 0 amide bonds. The number of hydrogen-bond acceptors (Lipinski definition) is 3. The molecular formula is C10H14F2N2O. The molecule has 1 aromatic carbocycles. The van der Waals surface area contributed by atoms with E-state index in [9.17, 15) is 8.78 Å². The summed E-state index contributed by atoms with van der Waals surface area (Å²) >= 11 is 0. The molecule has 0 saturated carbocycles. The van der Waals surface area contributed by atoms with Gasteiger partial charge in [-0.2, -0.15) is 0 Å². The number of rotatable bonds is 5. The number of anilines is 2. The van der Waals surface area contributed by atoms with Crippen LogP contribution in [0.5, 0.6) is 5.75 Å². The normalized spacial score (nSPS) is 10.4. The molecule has 0 fully saturated rings. The number of benzene rings is 1. The Morgan fingerprint density at radius 3 is 2.80 bits per heavy atom. The first kappa shape index (κ1) is 11.6. The van der Waals surface area contributed by atoms with Crippen LogP contribution in [0.2, 0.25) is 0 Å². The molecule has 0 aromatic heterocycles. The molecule has 0 unspecified atom stereocenters. The fourth-order valence-corrected chi connectivity index (χ4v) is 1.12. The van der Waals surface area contributed by atoms with Crippen LogP contribution >= 0.6 is 0 Å². The van der Waals surface area contributed by atoms with Crippen molar-refractivity contribution in [2.75, 3.05) is 24.2 Å². The van der Waals surface area contributed by atoms with E-state index in [2.05, 4.69) is 5.32 Å². The molecule has 0 aliphatic rings. The second kappa shape index (κ2) is 5.38. The van der Waals surface area contributed by atoms with E-state index in [1.165, 1.54) is 0 Å². The summed E-state index contributed by atoms with van der Waals surface area (Å²) in [6.07, 6.45) is -2.38. The zero-order valence-corrected chi connectivity index (χ0v) is 8.47. The summed E-state index contributed by atoms with van der Waals surface area (Å²) in [6, 6.07) is 4.88.